The van der Waals surface area contributed by atoms with E-state index in [1.807, 2.05) is 12.1 Å². The summed E-state index contributed by atoms with van der Waals surface area (Å²) in [5.74, 6) is 0.684. The Morgan fingerprint density at radius 1 is 0.393 bits per heavy atom. The average Bonchev–Trinajstić information content (AvgIpc) is 4.00. The second-order valence-electron chi connectivity index (χ2n) is 15.7. The maximum absolute atomic E-state index is 7.02. The van der Waals surface area contributed by atoms with Crippen molar-refractivity contribution in [2.45, 2.75) is 0 Å². The number of hydrogen-bond acceptors (Lipinski definition) is 3. The minimum atomic E-state index is 0.684. The van der Waals surface area contributed by atoms with Gasteiger partial charge in [-0.25, -0.2) is 9.97 Å². The van der Waals surface area contributed by atoms with Gasteiger partial charge in [-0.1, -0.05) is 152 Å². The van der Waals surface area contributed by atoms with Crippen molar-refractivity contribution in [1.29, 1.82) is 0 Å². The second-order valence-corrected chi connectivity index (χ2v) is 15.7. The molecule has 13 aromatic rings. The highest BCUT2D eigenvalue weighted by Crippen LogP contribution is 2.50. The molecule has 4 heterocycles. The van der Waals surface area contributed by atoms with E-state index in [2.05, 4.69) is 203 Å². The lowest BCUT2D eigenvalue weighted by atomic mass is 9.99. The molecule has 0 saturated carbocycles. The van der Waals surface area contributed by atoms with Crippen molar-refractivity contribution < 1.29 is 4.42 Å². The molecule has 0 aliphatic rings. The van der Waals surface area contributed by atoms with Gasteiger partial charge in [0, 0.05) is 60.1 Å². The third-order valence-electron chi connectivity index (χ3n) is 12.3. The number of furan rings is 1. The first-order valence-electron chi connectivity index (χ1n) is 20.7. The number of aromatic nitrogens is 4. The molecular weight excluding hydrogens is 745 g/mol. The summed E-state index contributed by atoms with van der Waals surface area (Å²) in [4.78, 5) is 10.5. The predicted molar refractivity (Wildman–Crippen MR) is 252 cm³/mol. The normalized spacial score (nSPS) is 11.9. The maximum atomic E-state index is 7.02. The monoisotopic (exact) mass is 778 g/mol. The van der Waals surface area contributed by atoms with Crippen LogP contribution in [0.3, 0.4) is 0 Å². The van der Waals surface area contributed by atoms with Crippen LogP contribution in [0.2, 0.25) is 0 Å². The van der Waals surface area contributed by atoms with Crippen molar-refractivity contribution >= 4 is 76.5 Å². The van der Waals surface area contributed by atoms with Crippen LogP contribution in [-0.2, 0) is 0 Å². The third kappa shape index (κ3) is 4.95. The molecule has 0 aliphatic heterocycles. The van der Waals surface area contributed by atoms with Gasteiger partial charge in [0.2, 0.25) is 0 Å². The van der Waals surface area contributed by atoms with Crippen LogP contribution in [0.1, 0.15) is 0 Å². The maximum Gasteiger partial charge on any atom is 0.160 e. The van der Waals surface area contributed by atoms with Gasteiger partial charge in [-0.15, -0.1) is 0 Å². The number of fused-ring (bicyclic) bond motifs is 13. The van der Waals surface area contributed by atoms with Crippen molar-refractivity contribution in [3.63, 3.8) is 0 Å². The predicted octanol–water partition coefficient (Wildman–Crippen LogP) is 14.7. The van der Waals surface area contributed by atoms with Crippen molar-refractivity contribution in [1.82, 2.24) is 19.1 Å². The first-order valence-corrected chi connectivity index (χ1v) is 20.7. The van der Waals surface area contributed by atoms with Crippen LogP contribution in [0, 0.1) is 0 Å². The van der Waals surface area contributed by atoms with E-state index in [-0.39, 0.29) is 0 Å². The molecule has 9 aromatic carbocycles. The minimum Gasteiger partial charge on any atom is -0.454 e. The van der Waals surface area contributed by atoms with E-state index in [0.717, 1.165) is 105 Å². The molecule has 0 bridgehead atoms. The van der Waals surface area contributed by atoms with Gasteiger partial charge in [0.05, 0.1) is 39.0 Å². The topological polar surface area (TPSA) is 48.8 Å². The van der Waals surface area contributed by atoms with Gasteiger partial charge >= 0.3 is 0 Å². The lowest BCUT2D eigenvalue weighted by molar-refractivity contribution is 0.671. The van der Waals surface area contributed by atoms with E-state index >= 15 is 0 Å². The largest absolute Gasteiger partial charge is 0.454 e. The van der Waals surface area contributed by atoms with Crippen LogP contribution in [-0.4, -0.2) is 19.1 Å². The Balaban J connectivity index is 1.20. The molecule has 0 unspecified atom stereocenters. The average molecular weight is 779 g/mol. The van der Waals surface area contributed by atoms with Gasteiger partial charge in [-0.05, 0) is 60.2 Å². The fourth-order valence-electron chi connectivity index (χ4n) is 9.72. The summed E-state index contributed by atoms with van der Waals surface area (Å²) in [7, 11) is 0. The Kier molecular flexibility index (Phi) is 7.24. The molecular formula is C56H34N4O. The van der Waals surface area contributed by atoms with E-state index in [0.29, 0.717) is 5.82 Å². The summed E-state index contributed by atoms with van der Waals surface area (Å²) >= 11 is 0. The van der Waals surface area contributed by atoms with Crippen LogP contribution >= 0.6 is 0 Å². The van der Waals surface area contributed by atoms with Crippen LogP contribution in [0.25, 0.3) is 122 Å². The summed E-state index contributed by atoms with van der Waals surface area (Å²) in [5.41, 5.74) is 14.3. The lowest BCUT2D eigenvalue weighted by Gasteiger charge is -2.17. The van der Waals surface area contributed by atoms with E-state index in [4.69, 9.17) is 14.4 Å². The SMILES string of the molecule is c1ccc(-c2cc(-c3nc(-c4ccccc4)c4ccccc4n3)ccc2-n2c3ccccc3c3c4c5ccccc5oc4c4c(c5ccccc5n4-c4ccccc4)c32)cc1. The molecule has 13 rings (SSSR count). The van der Waals surface area contributed by atoms with Gasteiger partial charge in [-0.3, -0.25) is 0 Å². The van der Waals surface area contributed by atoms with Gasteiger partial charge < -0.3 is 13.6 Å². The third-order valence-corrected chi connectivity index (χ3v) is 12.3. The van der Waals surface area contributed by atoms with Crippen molar-refractivity contribution in [3.05, 3.63) is 206 Å². The highest BCUT2D eigenvalue weighted by Gasteiger charge is 2.28. The van der Waals surface area contributed by atoms with Gasteiger partial charge in [-0.2, -0.15) is 0 Å². The Morgan fingerprint density at radius 3 is 1.74 bits per heavy atom. The second kappa shape index (κ2) is 13.1. The van der Waals surface area contributed by atoms with Crippen molar-refractivity contribution in [2.75, 3.05) is 0 Å². The van der Waals surface area contributed by atoms with Gasteiger partial charge in [0.1, 0.15) is 5.58 Å². The van der Waals surface area contributed by atoms with Crippen molar-refractivity contribution in [2.24, 2.45) is 0 Å². The molecule has 0 N–H and O–H groups in total. The number of nitrogens with zero attached hydrogens (tertiary/aromatic N) is 4. The Labute approximate surface area is 350 Å². The molecule has 284 valence electrons. The first kappa shape index (κ1) is 33.7. The molecule has 5 heteroatoms. The van der Waals surface area contributed by atoms with Crippen molar-refractivity contribution in [3.8, 4) is 45.1 Å². The molecule has 5 nitrogen and oxygen atoms in total. The highest BCUT2D eigenvalue weighted by molar-refractivity contribution is 6.39. The zero-order chi connectivity index (χ0) is 40.0. The molecule has 0 radical (unpaired) electrons. The fourth-order valence-corrected chi connectivity index (χ4v) is 9.72. The summed E-state index contributed by atoms with van der Waals surface area (Å²) < 4.78 is 11.9. The summed E-state index contributed by atoms with van der Waals surface area (Å²) in [6.45, 7) is 0. The van der Waals surface area contributed by atoms with E-state index in [1.165, 1.54) is 10.8 Å². The lowest BCUT2D eigenvalue weighted by Crippen LogP contribution is -2.00. The molecule has 0 aliphatic carbocycles. The quantitative estimate of drug-likeness (QED) is 0.175. The van der Waals surface area contributed by atoms with Crippen LogP contribution in [0.4, 0.5) is 0 Å². The first-order chi connectivity index (χ1) is 30.3. The number of benzene rings is 9. The van der Waals surface area contributed by atoms with E-state index < -0.39 is 0 Å². The zero-order valence-corrected chi connectivity index (χ0v) is 32.8. The molecule has 4 aromatic heterocycles. The fraction of sp³-hybridized carbons (Fsp3) is 0. The molecule has 0 fully saturated rings. The van der Waals surface area contributed by atoms with Crippen LogP contribution in [0.15, 0.2) is 211 Å². The van der Waals surface area contributed by atoms with Gasteiger partial charge in [0.25, 0.3) is 0 Å². The van der Waals surface area contributed by atoms with Crippen LogP contribution < -0.4 is 0 Å². The summed E-state index contributed by atoms with van der Waals surface area (Å²) in [6, 6.07) is 72.9. The Morgan fingerprint density at radius 2 is 0.984 bits per heavy atom. The molecule has 0 amide bonds. The zero-order valence-electron chi connectivity index (χ0n) is 32.8. The molecule has 0 atom stereocenters. The number of para-hydroxylation sites is 5. The van der Waals surface area contributed by atoms with E-state index in [9.17, 15) is 0 Å². The number of rotatable bonds is 5. The van der Waals surface area contributed by atoms with E-state index in [1.54, 1.807) is 0 Å². The highest BCUT2D eigenvalue weighted by atomic mass is 16.3. The smallest absolute Gasteiger partial charge is 0.160 e. The molecule has 0 spiro atoms. The Bertz CT molecular complexity index is 3860. The number of hydrogen-bond donors (Lipinski definition) is 0. The molecule has 0 saturated heterocycles. The minimum absolute atomic E-state index is 0.684. The van der Waals surface area contributed by atoms with Gasteiger partial charge in [0.15, 0.2) is 11.4 Å². The Hall–Kier alpha value is -8.28. The summed E-state index contributed by atoms with van der Waals surface area (Å²) in [5, 5.41) is 7.88. The summed E-state index contributed by atoms with van der Waals surface area (Å²) in [6.07, 6.45) is 0. The van der Waals surface area contributed by atoms with Crippen LogP contribution in [0.5, 0.6) is 0 Å². The standard InChI is InChI=1S/C56H34N4O/c1-4-18-35(19-5-1)43-34-37(56-57-44-28-14-10-24-39(44)52(58-56)36-20-6-2-7-21-36)32-33-47(43)60-46-30-16-11-25-40(46)49-50-42-27-13-17-31-48(42)61-55(50)54-51(53(49)60)41-26-12-15-29-45(41)59(54)38-22-8-3-9-23-38/h1-34H. The molecule has 61 heavy (non-hydrogen) atoms.